The third-order valence-corrected chi connectivity index (χ3v) is 4.34. The third-order valence-electron chi connectivity index (χ3n) is 4.34. The molecular weight excluding hydrogens is 340 g/mol. The van der Waals surface area contributed by atoms with Gasteiger partial charge in [0.15, 0.2) is 0 Å². The summed E-state index contributed by atoms with van der Waals surface area (Å²) >= 11 is 0. The summed E-state index contributed by atoms with van der Waals surface area (Å²) in [7, 11) is 0. The molecule has 0 saturated heterocycles. The van der Waals surface area contributed by atoms with Gasteiger partial charge in [-0.1, -0.05) is 42.5 Å². The molecule has 0 atom stereocenters. The van der Waals surface area contributed by atoms with Crippen molar-refractivity contribution in [1.82, 2.24) is 5.32 Å². The summed E-state index contributed by atoms with van der Waals surface area (Å²) in [6, 6.07) is 17.3. The molecule has 2 aromatic carbocycles. The standard InChI is InChI=1S/C22H28N2O3/c1-4-27-19-15-9-8-14-18(19)24-21(26)22(2,3)20(25)23-16-10-13-17-11-6-5-7-12-17/h5-9,11-12,14-15H,4,10,13,16H2,1-3H3,(H,23,25)(H,24,26). The van der Waals surface area contributed by atoms with Gasteiger partial charge in [0, 0.05) is 6.54 Å². The first kappa shape index (κ1) is 20.5. The lowest BCUT2D eigenvalue weighted by Gasteiger charge is -2.23. The van der Waals surface area contributed by atoms with E-state index in [1.807, 2.05) is 37.3 Å². The number of rotatable bonds is 9. The van der Waals surface area contributed by atoms with E-state index in [0.29, 0.717) is 24.6 Å². The zero-order chi connectivity index (χ0) is 19.7. The van der Waals surface area contributed by atoms with Crippen LogP contribution in [0.3, 0.4) is 0 Å². The second-order valence-electron chi connectivity index (χ2n) is 6.85. The molecule has 2 amide bonds. The number of aryl methyl sites for hydroxylation is 1. The van der Waals surface area contributed by atoms with Crippen molar-refractivity contribution in [3.63, 3.8) is 0 Å². The lowest BCUT2D eigenvalue weighted by molar-refractivity contribution is -0.138. The molecule has 5 heteroatoms. The Kier molecular flexibility index (Phi) is 7.41. The number of ether oxygens (including phenoxy) is 1. The van der Waals surface area contributed by atoms with Crippen molar-refractivity contribution < 1.29 is 14.3 Å². The second-order valence-corrected chi connectivity index (χ2v) is 6.85. The highest BCUT2D eigenvalue weighted by Gasteiger charge is 2.36. The fraction of sp³-hybridized carbons (Fsp3) is 0.364. The summed E-state index contributed by atoms with van der Waals surface area (Å²) in [6.45, 7) is 6.15. The average Bonchev–Trinajstić information content (AvgIpc) is 2.67. The number of anilines is 1. The molecule has 0 bridgehead atoms. The molecule has 2 N–H and O–H groups in total. The highest BCUT2D eigenvalue weighted by Crippen LogP contribution is 2.26. The number of benzene rings is 2. The van der Waals surface area contributed by atoms with Crippen LogP contribution in [0.1, 0.15) is 32.8 Å². The first-order valence-electron chi connectivity index (χ1n) is 9.30. The van der Waals surface area contributed by atoms with Crippen molar-refractivity contribution in [2.75, 3.05) is 18.5 Å². The molecule has 0 spiro atoms. The average molecular weight is 368 g/mol. The number of hydrogen-bond acceptors (Lipinski definition) is 3. The number of carbonyl (C=O) groups excluding carboxylic acids is 2. The van der Waals surface area contributed by atoms with Gasteiger partial charge in [-0.2, -0.15) is 0 Å². The molecule has 5 nitrogen and oxygen atoms in total. The maximum Gasteiger partial charge on any atom is 0.239 e. The number of amides is 2. The Bertz CT molecular complexity index is 757. The smallest absolute Gasteiger partial charge is 0.239 e. The molecule has 0 aliphatic carbocycles. The van der Waals surface area contributed by atoms with Crippen LogP contribution in [-0.4, -0.2) is 25.0 Å². The summed E-state index contributed by atoms with van der Waals surface area (Å²) in [5, 5.41) is 5.68. The van der Waals surface area contributed by atoms with Crippen molar-refractivity contribution in [1.29, 1.82) is 0 Å². The molecule has 0 aromatic heterocycles. The Labute approximate surface area is 161 Å². The number of nitrogens with one attached hydrogen (secondary N) is 2. The minimum atomic E-state index is -1.19. The van der Waals surface area contributed by atoms with E-state index in [1.165, 1.54) is 5.56 Å². The van der Waals surface area contributed by atoms with Crippen LogP contribution in [-0.2, 0) is 16.0 Å². The summed E-state index contributed by atoms with van der Waals surface area (Å²) in [6.07, 6.45) is 1.70. The number of hydrogen-bond donors (Lipinski definition) is 2. The predicted octanol–water partition coefficient (Wildman–Crippen LogP) is 3.80. The fourth-order valence-corrected chi connectivity index (χ4v) is 2.59. The van der Waals surface area contributed by atoms with Crippen LogP contribution < -0.4 is 15.4 Å². The Morgan fingerprint density at radius 3 is 2.33 bits per heavy atom. The molecule has 0 aliphatic rings. The molecular formula is C22H28N2O3. The monoisotopic (exact) mass is 368 g/mol. The summed E-state index contributed by atoms with van der Waals surface area (Å²) in [5.41, 5.74) is 0.608. The highest BCUT2D eigenvalue weighted by molar-refractivity contribution is 6.10. The fourth-order valence-electron chi connectivity index (χ4n) is 2.59. The summed E-state index contributed by atoms with van der Waals surface area (Å²) in [5.74, 6) is -0.0652. The van der Waals surface area contributed by atoms with Gasteiger partial charge in [-0.25, -0.2) is 0 Å². The van der Waals surface area contributed by atoms with E-state index in [9.17, 15) is 9.59 Å². The largest absolute Gasteiger partial charge is 0.492 e. The summed E-state index contributed by atoms with van der Waals surface area (Å²) in [4.78, 5) is 25.2. The lowest BCUT2D eigenvalue weighted by Crippen LogP contribution is -2.45. The van der Waals surface area contributed by atoms with Gasteiger partial charge in [0.1, 0.15) is 11.2 Å². The molecule has 27 heavy (non-hydrogen) atoms. The van der Waals surface area contributed by atoms with Crippen LogP contribution >= 0.6 is 0 Å². The molecule has 2 aromatic rings. The minimum Gasteiger partial charge on any atom is -0.492 e. The van der Waals surface area contributed by atoms with Gasteiger partial charge in [-0.3, -0.25) is 9.59 Å². The maximum absolute atomic E-state index is 12.7. The van der Waals surface area contributed by atoms with Gasteiger partial charge in [0.2, 0.25) is 11.8 Å². The van der Waals surface area contributed by atoms with Crippen molar-refractivity contribution in [2.45, 2.75) is 33.6 Å². The van der Waals surface area contributed by atoms with E-state index in [4.69, 9.17) is 4.74 Å². The molecule has 0 unspecified atom stereocenters. The van der Waals surface area contributed by atoms with Gasteiger partial charge in [-0.15, -0.1) is 0 Å². The van der Waals surface area contributed by atoms with Crippen molar-refractivity contribution in [2.24, 2.45) is 5.41 Å². The van der Waals surface area contributed by atoms with E-state index in [0.717, 1.165) is 12.8 Å². The molecule has 144 valence electrons. The number of carbonyl (C=O) groups is 2. The van der Waals surface area contributed by atoms with Crippen LogP contribution in [0.25, 0.3) is 0 Å². The van der Waals surface area contributed by atoms with Crippen LogP contribution in [0.15, 0.2) is 54.6 Å². The van der Waals surface area contributed by atoms with E-state index >= 15 is 0 Å². The van der Waals surface area contributed by atoms with Crippen LogP contribution in [0.2, 0.25) is 0 Å². The van der Waals surface area contributed by atoms with E-state index < -0.39 is 5.41 Å². The highest BCUT2D eigenvalue weighted by atomic mass is 16.5. The van der Waals surface area contributed by atoms with Gasteiger partial charge in [0.05, 0.1) is 12.3 Å². The topological polar surface area (TPSA) is 67.4 Å². The lowest BCUT2D eigenvalue weighted by atomic mass is 9.90. The van der Waals surface area contributed by atoms with E-state index in [2.05, 4.69) is 22.8 Å². The Balaban J connectivity index is 1.88. The van der Waals surface area contributed by atoms with Crippen molar-refractivity contribution in [3.05, 3.63) is 60.2 Å². The zero-order valence-corrected chi connectivity index (χ0v) is 16.2. The van der Waals surface area contributed by atoms with E-state index in [1.54, 1.807) is 26.0 Å². The van der Waals surface area contributed by atoms with E-state index in [-0.39, 0.29) is 11.8 Å². The first-order valence-corrected chi connectivity index (χ1v) is 9.30. The van der Waals surface area contributed by atoms with Crippen molar-refractivity contribution in [3.8, 4) is 5.75 Å². The molecule has 2 rings (SSSR count). The maximum atomic E-state index is 12.7. The Hall–Kier alpha value is -2.82. The van der Waals surface area contributed by atoms with Crippen LogP contribution in [0.4, 0.5) is 5.69 Å². The Morgan fingerprint density at radius 2 is 1.63 bits per heavy atom. The molecule has 0 saturated carbocycles. The quantitative estimate of drug-likeness (QED) is 0.523. The summed E-state index contributed by atoms with van der Waals surface area (Å²) < 4.78 is 5.52. The molecule has 0 heterocycles. The predicted molar refractivity (Wildman–Crippen MR) is 108 cm³/mol. The Morgan fingerprint density at radius 1 is 0.963 bits per heavy atom. The molecule has 0 fully saturated rings. The van der Waals surface area contributed by atoms with Gasteiger partial charge in [0.25, 0.3) is 0 Å². The van der Waals surface area contributed by atoms with Crippen LogP contribution in [0.5, 0.6) is 5.75 Å². The first-order chi connectivity index (χ1) is 12.9. The second kappa shape index (κ2) is 9.76. The van der Waals surface area contributed by atoms with Crippen molar-refractivity contribution >= 4 is 17.5 Å². The van der Waals surface area contributed by atoms with Gasteiger partial charge in [-0.05, 0) is 51.3 Å². The zero-order valence-electron chi connectivity index (χ0n) is 16.2. The number of para-hydroxylation sites is 2. The normalized spacial score (nSPS) is 10.9. The van der Waals surface area contributed by atoms with Gasteiger partial charge >= 0.3 is 0 Å². The van der Waals surface area contributed by atoms with Gasteiger partial charge < -0.3 is 15.4 Å². The third kappa shape index (κ3) is 5.84. The minimum absolute atomic E-state index is 0.290. The SMILES string of the molecule is CCOc1ccccc1NC(=O)C(C)(C)C(=O)NCCCc1ccccc1. The molecule has 0 aliphatic heterocycles. The van der Waals surface area contributed by atoms with Crippen LogP contribution in [0, 0.1) is 5.41 Å². The molecule has 0 radical (unpaired) electrons.